The van der Waals surface area contributed by atoms with Crippen LogP contribution in [0.3, 0.4) is 0 Å². The van der Waals surface area contributed by atoms with E-state index in [0.29, 0.717) is 16.3 Å². The lowest BCUT2D eigenvalue weighted by Crippen LogP contribution is -1.95. The number of hydrogen-bond donors (Lipinski definition) is 0. The van der Waals surface area contributed by atoms with Crippen molar-refractivity contribution < 1.29 is 9.66 Å². The van der Waals surface area contributed by atoms with Gasteiger partial charge in [0.1, 0.15) is 5.75 Å². The van der Waals surface area contributed by atoms with E-state index in [1.807, 2.05) is 13.8 Å². The van der Waals surface area contributed by atoms with Crippen molar-refractivity contribution >= 4 is 28.9 Å². The molecule has 0 fully saturated rings. The van der Waals surface area contributed by atoms with E-state index in [1.54, 1.807) is 24.3 Å². The van der Waals surface area contributed by atoms with E-state index in [4.69, 9.17) is 27.9 Å². The van der Waals surface area contributed by atoms with Crippen LogP contribution >= 0.6 is 23.2 Å². The summed E-state index contributed by atoms with van der Waals surface area (Å²) in [6.07, 6.45) is 0. The number of benzene rings is 2. The zero-order chi connectivity index (χ0) is 15.6. The molecule has 0 unspecified atom stereocenters. The van der Waals surface area contributed by atoms with Crippen molar-refractivity contribution in [2.24, 2.45) is 0 Å². The molecule has 0 spiro atoms. The second-order valence-corrected chi connectivity index (χ2v) is 5.31. The Bertz CT molecular complexity index is 678. The van der Waals surface area contributed by atoms with Crippen LogP contribution < -0.4 is 4.74 Å². The summed E-state index contributed by atoms with van der Waals surface area (Å²) < 4.78 is 5.64. The number of aryl methyl sites for hydroxylation is 2. The van der Waals surface area contributed by atoms with Crippen LogP contribution in [0.1, 0.15) is 16.7 Å². The standard InChI is InChI=1S/C15H13Cl2NO3/c1-9-5-12(6-10(2)15(9)17)21-14-4-3-11(8-16)7-13(14)18(19)20/h3-7H,8H2,1-2H3. The molecule has 0 atom stereocenters. The van der Waals surface area contributed by atoms with E-state index in [0.717, 1.165) is 11.1 Å². The molecule has 0 heterocycles. The van der Waals surface area contributed by atoms with E-state index >= 15 is 0 Å². The SMILES string of the molecule is Cc1cc(Oc2ccc(CCl)cc2[N+](=O)[O-])cc(C)c1Cl. The molecule has 21 heavy (non-hydrogen) atoms. The van der Waals surface area contributed by atoms with E-state index in [9.17, 15) is 10.1 Å². The van der Waals surface area contributed by atoms with Crippen molar-refractivity contribution in [3.05, 3.63) is 62.2 Å². The van der Waals surface area contributed by atoms with Crippen LogP contribution in [0.25, 0.3) is 0 Å². The molecular formula is C15H13Cl2NO3. The number of nitrogens with zero attached hydrogens (tertiary/aromatic N) is 1. The van der Waals surface area contributed by atoms with Crippen LogP contribution in [0.5, 0.6) is 11.5 Å². The zero-order valence-electron chi connectivity index (χ0n) is 11.5. The fourth-order valence-corrected chi connectivity index (χ4v) is 2.24. The molecule has 2 aromatic rings. The molecule has 0 aliphatic heterocycles. The summed E-state index contributed by atoms with van der Waals surface area (Å²) >= 11 is 11.8. The van der Waals surface area contributed by atoms with Crippen molar-refractivity contribution in [1.29, 1.82) is 0 Å². The average Bonchev–Trinajstić information content (AvgIpc) is 2.44. The topological polar surface area (TPSA) is 52.4 Å². The average molecular weight is 326 g/mol. The molecule has 4 nitrogen and oxygen atoms in total. The van der Waals surface area contributed by atoms with Gasteiger partial charge in [-0.1, -0.05) is 17.7 Å². The van der Waals surface area contributed by atoms with Crippen LogP contribution in [-0.2, 0) is 5.88 Å². The van der Waals surface area contributed by atoms with Gasteiger partial charge in [0.25, 0.3) is 0 Å². The van der Waals surface area contributed by atoms with Gasteiger partial charge in [0.15, 0.2) is 0 Å². The molecule has 0 aliphatic rings. The summed E-state index contributed by atoms with van der Waals surface area (Å²) in [4.78, 5) is 10.6. The van der Waals surface area contributed by atoms with Gasteiger partial charge < -0.3 is 4.74 Å². The predicted octanol–water partition coefficient (Wildman–Crippen LogP) is 5.40. The van der Waals surface area contributed by atoms with Crippen molar-refractivity contribution in [1.82, 2.24) is 0 Å². The van der Waals surface area contributed by atoms with E-state index in [2.05, 4.69) is 0 Å². The molecule has 0 aliphatic carbocycles. The van der Waals surface area contributed by atoms with Gasteiger partial charge in [0.2, 0.25) is 5.75 Å². The Morgan fingerprint density at radius 2 is 1.81 bits per heavy atom. The van der Waals surface area contributed by atoms with Crippen molar-refractivity contribution in [3.63, 3.8) is 0 Å². The maximum Gasteiger partial charge on any atom is 0.311 e. The molecule has 0 amide bonds. The Labute approximate surface area is 132 Å². The Balaban J connectivity index is 2.42. The molecule has 6 heteroatoms. The number of rotatable bonds is 4. The third kappa shape index (κ3) is 3.46. The summed E-state index contributed by atoms with van der Waals surface area (Å²) in [7, 11) is 0. The number of nitro benzene ring substituents is 1. The molecule has 110 valence electrons. The van der Waals surface area contributed by atoms with Gasteiger partial charge in [0, 0.05) is 17.0 Å². The number of halogens is 2. The highest BCUT2D eigenvalue weighted by molar-refractivity contribution is 6.32. The number of hydrogen-bond acceptors (Lipinski definition) is 3. The third-order valence-corrected chi connectivity index (χ3v) is 3.92. The van der Waals surface area contributed by atoms with Crippen LogP contribution in [0, 0.1) is 24.0 Å². The molecule has 2 rings (SSSR count). The first-order valence-electron chi connectivity index (χ1n) is 6.20. The lowest BCUT2D eigenvalue weighted by molar-refractivity contribution is -0.385. The molecule has 2 aromatic carbocycles. The maximum atomic E-state index is 11.1. The number of ether oxygens (including phenoxy) is 1. The van der Waals surface area contributed by atoms with Gasteiger partial charge in [-0.2, -0.15) is 0 Å². The molecule has 0 N–H and O–H groups in total. The fraction of sp³-hybridized carbons (Fsp3) is 0.200. The first-order chi connectivity index (χ1) is 9.92. The normalized spacial score (nSPS) is 10.5. The summed E-state index contributed by atoms with van der Waals surface area (Å²) in [5.41, 5.74) is 2.26. The zero-order valence-corrected chi connectivity index (χ0v) is 13.0. The van der Waals surface area contributed by atoms with E-state index < -0.39 is 4.92 Å². The molecule has 0 saturated carbocycles. The van der Waals surface area contributed by atoms with Gasteiger partial charge in [-0.15, -0.1) is 11.6 Å². The Kier molecular flexibility index (Phi) is 4.70. The van der Waals surface area contributed by atoms with Crippen LogP contribution in [-0.4, -0.2) is 4.92 Å². The van der Waals surface area contributed by atoms with Gasteiger partial charge >= 0.3 is 5.69 Å². The maximum absolute atomic E-state index is 11.1. The third-order valence-electron chi connectivity index (χ3n) is 3.01. The largest absolute Gasteiger partial charge is 0.450 e. The number of alkyl halides is 1. The Hall–Kier alpha value is -1.78. The van der Waals surface area contributed by atoms with Crippen molar-refractivity contribution in [2.75, 3.05) is 0 Å². The smallest absolute Gasteiger partial charge is 0.311 e. The van der Waals surface area contributed by atoms with E-state index in [-0.39, 0.29) is 17.3 Å². The second-order valence-electron chi connectivity index (χ2n) is 4.67. The highest BCUT2D eigenvalue weighted by atomic mass is 35.5. The summed E-state index contributed by atoms with van der Waals surface area (Å²) in [5, 5.41) is 11.8. The second kappa shape index (κ2) is 6.33. The molecule has 0 radical (unpaired) electrons. The van der Waals surface area contributed by atoms with E-state index in [1.165, 1.54) is 6.07 Å². The lowest BCUT2D eigenvalue weighted by atomic mass is 10.1. The first-order valence-corrected chi connectivity index (χ1v) is 7.11. The quantitative estimate of drug-likeness (QED) is 0.430. The lowest BCUT2D eigenvalue weighted by Gasteiger charge is -2.10. The van der Waals surface area contributed by atoms with Crippen LogP contribution in [0.2, 0.25) is 5.02 Å². The van der Waals surface area contributed by atoms with Crippen molar-refractivity contribution in [3.8, 4) is 11.5 Å². The van der Waals surface area contributed by atoms with Crippen LogP contribution in [0.4, 0.5) is 5.69 Å². The first kappa shape index (κ1) is 15.6. The predicted molar refractivity (Wildman–Crippen MR) is 83.7 cm³/mol. The fourth-order valence-electron chi connectivity index (χ4n) is 1.97. The minimum absolute atomic E-state index is 0.113. The molecule has 0 saturated heterocycles. The molecule has 0 bridgehead atoms. The minimum Gasteiger partial charge on any atom is -0.450 e. The monoisotopic (exact) mass is 325 g/mol. The highest BCUT2D eigenvalue weighted by Crippen LogP contribution is 2.34. The highest BCUT2D eigenvalue weighted by Gasteiger charge is 2.17. The van der Waals surface area contributed by atoms with Crippen LogP contribution in [0.15, 0.2) is 30.3 Å². The van der Waals surface area contributed by atoms with Crippen molar-refractivity contribution in [2.45, 2.75) is 19.7 Å². The number of nitro groups is 1. The molecular weight excluding hydrogens is 313 g/mol. The Morgan fingerprint density at radius 1 is 1.19 bits per heavy atom. The minimum atomic E-state index is -0.485. The molecule has 0 aromatic heterocycles. The Morgan fingerprint density at radius 3 is 2.33 bits per heavy atom. The summed E-state index contributed by atoms with van der Waals surface area (Å²) in [6.45, 7) is 3.71. The summed E-state index contributed by atoms with van der Waals surface area (Å²) in [6, 6.07) is 8.15. The summed E-state index contributed by atoms with van der Waals surface area (Å²) in [5.74, 6) is 0.895. The van der Waals surface area contributed by atoms with Gasteiger partial charge in [-0.05, 0) is 48.7 Å². The van der Waals surface area contributed by atoms with Gasteiger partial charge in [-0.25, -0.2) is 0 Å². The van der Waals surface area contributed by atoms with Gasteiger partial charge in [0.05, 0.1) is 4.92 Å². The van der Waals surface area contributed by atoms with Gasteiger partial charge in [-0.3, -0.25) is 10.1 Å².